The van der Waals surface area contributed by atoms with Gasteiger partial charge in [-0.05, 0) is 37.6 Å². The minimum atomic E-state index is -0.569. The van der Waals surface area contributed by atoms with Crippen molar-refractivity contribution in [3.8, 4) is 0 Å². The largest absolute Gasteiger partial charge is 0.464 e. The number of esters is 1. The van der Waals surface area contributed by atoms with E-state index in [0.29, 0.717) is 23.4 Å². The Kier molecular flexibility index (Phi) is 5.22. The van der Waals surface area contributed by atoms with Crippen LogP contribution < -0.4 is 0 Å². The van der Waals surface area contributed by atoms with Gasteiger partial charge in [-0.15, -0.1) is 0 Å². The van der Waals surface area contributed by atoms with Gasteiger partial charge in [-0.1, -0.05) is 0 Å². The molecule has 0 aromatic heterocycles. The maximum atomic E-state index is 13.2. The van der Waals surface area contributed by atoms with Crippen LogP contribution in [-0.2, 0) is 9.53 Å². The molecular formula is C15H18FNO3S. The van der Waals surface area contributed by atoms with Gasteiger partial charge in [-0.25, -0.2) is 9.18 Å². The van der Waals surface area contributed by atoms with Crippen LogP contribution in [0.4, 0.5) is 4.39 Å². The van der Waals surface area contributed by atoms with Crippen LogP contribution in [0.3, 0.4) is 0 Å². The molecular weight excluding hydrogens is 293 g/mol. The van der Waals surface area contributed by atoms with Crippen LogP contribution in [0.5, 0.6) is 0 Å². The average molecular weight is 311 g/mol. The van der Waals surface area contributed by atoms with Crippen LogP contribution in [-0.4, -0.2) is 47.5 Å². The van der Waals surface area contributed by atoms with E-state index in [-0.39, 0.29) is 24.3 Å². The van der Waals surface area contributed by atoms with Crippen LogP contribution in [0, 0.1) is 12.7 Å². The molecule has 1 aliphatic heterocycles. The first kappa shape index (κ1) is 15.8. The van der Waals surface area contributed by atoms with Crippen LogP contribution in [0.1, 0.15) is 22.8 Å². The first-order chi connectivity index (χ1) is 10.0. The summed E-state index contributed by atoms with van der Waals surface area (Å²) in [6.45, 7) is 4.21. The molecule has 0 bridgehead atoms. The van der Waals surface area contributed by atoms with Crippen molar-refractivity contribution in [3.63, 3.8) is 0 Å². The summed E-state index contributed by atoms with van der Waals surface area (Å²) in [7, 11) is 0. The molecule has 21 heavy (non-hydrogen) atoms. The zero-order valence-electron chi connectivity index (χ0n) is 12.1. The number of rotatable bonds is 3. The second-order valence-electron chi connectivity index (χ2n) is 4.80. The first-order valence-electron chi connectivity index (χ1n) is 6.86. The third-order valence-corrected chi connectivity index (χ3v) is 4.39. The Morgan fingerprint density at radius 1 is 1.48 bits per heavy atom. The summed E-state index contributed by atoms with van der Waals surface area (Å²) in [5.41, 5.74) is 0.999. The smallest absolute Gasteiger partial charge is 0.329 e. The molecule has 2 rings (SSSR count). The van der Waals surface area contributed by atoms with Gasteiger partial charge in [0.1, 0.15) is 11.9 Å². The number of hydrogen-bond donors (Lipinski definition) is 0. The van der Waals surface area contributed by atoms with Crippen molar-refractivity contribution in [3.05, 3.63) is 35.1 Å². The molecule has 1 aromatic carbocycles. The van der Waals surface area contributed by atoms with Gasteiger partial charge < -0.3 is 9.64 Å². The minimum absolute atomic E-state index is 0.245. The highest BCUT2D eigenvalue weighted by molar-refractivity contribution is 7.99. The van der Waals surface area contributed by atoms with Crippen molar-refractivity contribution < 1.29 is 18.7 Å². The van der Waals surface area contributed by atoms with Crippen molar-refractivity contribution in [1.82, 2.24) is 4.90 Å². The second kappa shape index (κ2) is 6.93. The number of benzene rings is 1. The standard InChI is InChI=1S/C15H18FNO3S/c1-3-20-15(19)13-9-21-7-6-17(13)14(18)12-5-4-11(16)8-10(12)2/h4-5,8,13H,3,6-7,9H2,1-2H3. The molecule has 0 radical (unpaired) electrons. The van der Waals surface area contributed by atoms with Crippen molar-refractivity contribution >= 4 is 23.6 Å². The minimum Gasteiger partial charge on any atom is -0.464 e. The third-order valence-electron chi connectivity index (χ3n) is 3.37. The number of carbonyl (C=O) groups excluding carboxylic acids is 2. The summed E-state index contributed by atoms with van der Waals surface area (Å²) >= 11 is 1.63. The molecule has 1 atom stereocenters. The SMILES string of the molecule is CCOC(=O)C1CSCCN1C(=O)c1ccc(F)cc1C. The molecule has 0 aliphatic carbocycles. The van der Waals surface area contributed by atoms with E-state index in [2.05, 4.69) is 0 Å². The Hall–Kier alpha value is -1.56. The van der Waals surface area contributed by atoms with Gasteiger partial charge in [0.2, 0.25) is 0 Å². The van der Waals surface area contributed by atoms with Crippen LogP contribution >= 0.6 is 11.8 Å². The van der Waals surface area contributed by atoms with Gasteiger partial charge in [-0.2, -0.15) is 11.8 Å². The Morgan fingerprint density at radius 2 is 2.24 bits per heavy atom. The maximum Gasteiger partial charge on any atom is 0.329 e. The molecule has 1 aliphatic rings. The van der Waals surface area contributed by atoms with E-state index >= 15 is 0 Å². The number of ether oxygens (including phenoxy) is 1. The summed E-state index contributed by atoms with van der Waals surface area (Å²) in [4.78, 5) is 26.2. The Bertz CT molecular complexity index is 550. The molecule has 1 amide bonds. The molecule has 6 heteroatoms. The highest BCUT2D eigenvalue weighted by Crippen LogP contribution is 2.22. The van der Waals surface area contributed by atoms with Crippen molar-refractivity contribution in [2.24, 2.45) is 0 Å². The molecule has 114 valence electrons. The monoisotopic (exact) mass is 311 g/mol. The summed E-state index contributed by atoms with van der Waals surface area (Å²) < 4.78 is 18.2. The fourth-order valence-corrected chi connectivity index (χ4v) is 3.33. The summed E-state index contributed by atoms with van der Waals surface area (Å²) in [5, 5.41) is 0. The zero-order valence-corrected chi connectivity index (χ0v) is 12.9. The number of amides is 1. The predicted octanol–water partition coefficient (Wildman–Crippen LogP) is 2.25. The molecule has 4 nitrogen and oxygen atoms in total. The van der Waals surface area contributed by atoms with Gasteiger partial charge in [0.25, 0.3) is 5.91 Å². The highest BCUT2D eigenvalue weighted by Gasteiger charge is 2.34. The van der Waals surface area contributed by atoms with E-state index in [9.17, 15) is 14.0 Å². The number of halogens is 1. The summed E-state index contributed by atoms with van der Waals surface area (Å²) in [6, 6.07) is 3.49. The Labute approximate surface area is 127 Å². The lowest BCUT2D eigenvalue weighted by molar-refractivity contribution is -0.147. The lowest BCUT2D eigenvalue weighted by Crippen LogP contribution is -2.51. The topological polar surface area (TPSA) is 46.6 Å². The Morgan fingerprint density at radius 3 is 2.90 bits per heavy atom. The van der Waals surface area contributed by atoms with E-state index in [1.165, 1.54) is 23.1 Å². The van der Waals surface area contributed by atoms with E-state index in [0.717, 1.165) is 5.75 Å². The van der Waals surface area contributed by atoms with Crippen molar-refractivity contribution in [1.29, 1.82) is 0 Å². The fourth-order valence-electron chi connectivity index (χ4n) is 2.30. The molecule has 1 aromatic rings. The van der Waals surface area contributed by atoms with Gasteiger partial charge in [-0.3, -0.25) is 4.79 Å². The predicted molar refractivity (Wildman–Crippen MR) is 79.9 cm³/mol. The van der Waals surface area contributed by atoms with E-state index < -0.39 is 6.04 Å². The average Bonchev–Trinajstić information content (AvgIpc) is 2.47. The van der Waals surface area contributed by atoms with E-state index in [1.807, 2.05) is 0 Å². The lowest BCUT2D eigenvalue weighted by Gasteiger charge is -2.34. The number of hydrogen-bond acceptors (Lipinski definition) is 4. The molecule has 1 fully saturated rings. The first-order valence-corrected chi connectivity index (χ1v) is 8.01. The number of thioether (sulfide) groups is 1. The van der Waals surface area contributed by atoms with Crippen molar-refractivity contribution in [2.45, 2.75) is 19.9 Å². The van der Waals surface area contributed by atoms with Gasteiger partial charge in [0.05, 0.1) is 6.61 Å². The third kappa shape index (κ3) is 3.56. The van der Waals surface area contributed by atoms with E-state index in [4.69, 9.17) is 4.74 Å². The van der Waals surface area contributed by atoms with Crippen LogP contribution in [0.2, 0.25) is 0 Å². The molecule has 1 heterocycles. The van der Waals surface area contributed by atoms with Crippen molar-refractivity contribution in [2.75, 3.05) is 24.7 Å². The van der Waals surface area contributed by atoms with Gasteiger partial charge in [0, 0.05) is 23.6 Å². The second-order valence-corrected chi connectivity index (χ2v) is 5.95. The van der Waals surface area contributed by atoms with Crippen LogP contribution in [0.25, 0.3) is 0 Å². The van der Waals surface area contributed by atoms with Gasteiger partial charge >= 0.3 is 5.97 Å². The summed E-state index contributed by atoms with van der Waals surface area (Å²) in [5.74, 6) is 0.316. The van der Waals surface area contributed by atoms with E-state index in [1.54, 1.807) is 25.6 Å². The fraction of sp³-hybridized carbons (Fsp3) is 0.467. The molecule has 0 spiro atoms. The lowest BCUT2D eigenvalue weighted by atomic mass is 10.1. The number of carbonyl (C=O) groups is 2. The number of nitrogens with zero attached hydrogens (tertiary/aromatic N) is 1. The molecule has 0 N–H and O–H groups in total. The summed E-state index contributed by atoms with van der Waals surface area (Å²) in [6.07, 6.45) is 0. The highest BCUT2D eigenvalue weighted by atomic mass is 32.2. The maximum absolute atomic E-state index is 13.2. The molecule has 1 unspecified atom stereocenters. The molecule has 1 saturated heterocycles. The Balaban J connectivity index is 2.24. The van der Waals surface area contributed by atoms with Crippen LogP contribution in [0.15, 0.2) is 18.2 Å². The quantitative estimate of drug-likeness (QED) is 0.803. The molecule has 0 saturated carbocycles. The normalized spacial score (nSPS) is 18.4. The zero-order chi connectivity index (χ0) is 15.4. The van der Waals surface area contributed by atoms with Gasteiger partial charge in [0.15, 0.2) is 0 Å². The number of aryl methyl sites for hydroxylation is 1.